The SMILES string of the molecule is CC[C@H]1O[C@@H](C#N)[CH][CH][C]1C.[C-]#[O+].[C-]#[O+].[Mo+2].c1cnn([B-](n2cccn2)n2cccn2)c1. The van der Waals surface area contributed by atoms with Crippen LogP contribution in [0.25, 0.3) is 0 Å². The zero-order valence-electron chi connectivity index (χ0n) is 17.6. The van der Waals surface area contributed by atoms with Crippen LogP contribution in [0, 0.1) is 43.4 Å². The molecular formula is C20H21BMoN7O3+. The van der Waals surface area contributed by atoms with Gasteiger partial charge in [-0.25, -0.2) is 15.3 Å². The number of aromatic nitrogens is 6. The van der Waals surface area contributed by atoms with E-state index in [1.165, 1.54) is 5.92 Å². The van der Waals surface area contributed by atoms with Crippen LogP contribution in [-0.4, -0.2) is 48.4 Å². The topological polar surface area (TPSA) is 126 Å². The van der Waals surface area contributed by atoms with Crippen LogP contribution in [0.4, 0.5) is 0 Å². The smallest absolute Gasteiger partial charge is 0.425 e. The van der Waals surface area contributed by atoms with Crippen molar-refractivity contribution >= 4 is 7.12 Å². The second-order valence-corrected chi connectivity index (χ2v) is 5.99. The molecule has 1 aliphatic rings. The zero-order valence-corrected chi connectivity index (χ0v) is 19.6. The Balaban J connectivity index is 0.000000532. The van der Waals surface area contributed by atoms with Gasteiger partial charge in [0.05, 0.1) is 12.2 Å². The van der Waals surface area contributed by atoms with Crippen LogP contribution < -0.4 is 0 Å². The molecule has 4 heterocycles. The molecule has 32 heavy (non-hydrogen) atoms. The summed E-state index contributed by atoms with van der Waals surface area (Å²) in [5.41, 5.74) is 0. The molecule has 10 nitrogen and oxygen atoms in total. The van der Waals surface area contributed by atoms with Gasteiger partial charge in [0.2, 0.25) is 0 Å². The third kappa shape index (κ3) is 8.45. The first kappa shape index (κ1) is 29.3. The normalized spacial score (nSPS) is 17.1. The number of nitriles is 1. The van der Waals surface area contributed by atoms with Gasteiger partial charge < -0.3 is 18.5 Å². The summed E-state index contributed by atoms with van der Waals surface area (Å²) in [6.45, 7) is 13.1. The molecule has 162 valence electrons. The molecule has 2 atom stereocenters. The van der Waals surface area contributed by atoms with Gasteiger partial charge in [-0.15, -0.1) is 0 Å². The summed E-state index contributed by atoms with van der Waals surface area (Å²) in [6.07, 6.45) is 15.4. The van der Waals surface area contributed by atoms with E-state index in [-0.39, 0.29) is 40.4 Å². The van der Waals surface area contributed by atoms with Crippen molar-refractivity contribution in [3.63, 3.8) is 0 Å². The Bertz CT molecular complexity index is 821. The largest absolute Gasteiger partial charge is 2.00 e. The van der Waals surface area contributed by atoms with Crippen LogP contribution in [0.3, 0.4) is 0 Å². The minimum absolute atomic E-state index is 0. The predicted molar refractivity (Wildman–Crippen MR) is 109 cm³/mol. The average molecular weight is 514 g/mol. The van der Waals surface area contributed by atoms with Gasteiger partial charge >= 0.3 is 43.7 Å². The van der Waals surface area contributed by atoms with Crippen molar-refractivity contribution in [3.8, 4) is 6.07 Å². The van der Waals surface area contributed by atoms with E-state index < -0.39 is 0 Å². The Hall–Kier alpha value is -2.69. The summed E-state index contributed by atoms with van der Waals surface area (Å²) in [7, 11) is -0.194. The molecule has 0 amide bonds. The fraction of sp³-hybridized carbons (Fsp3) is 0.250. The molecule has 0 unspecified atom stereocenters. The van der Waals surface area contributed by atoms with E-state index in [0.29, 0.717) is 0 Å². The van der Waals surface area contributed by atoms with Gasteiger partial charge in [-0.05, 0) is 49.6 Å². The Morgan fingerprint density at radius 3 is 1.75 bits per heavy atom. The summed E-state index contributed by atoms with van der Waals surface area (Å²) in [5, 5.41) is 21.2. The van der Waals surface area contributed by atoms with Gasteiger partial charge in [0, 0.05) is 30.9 Å². The van der Waals surface area contributed by atoms with E-state index in [4.69, 9.17) is 19.3 Å². The maximum atomic E-state index is 8.56. The molecule has 0 spiro atoms. The number of rotatable bonds is 4. The maximum Gasteiger partial charge on any atom is 2.00 e. The second kappa shape index (κ2) is 16.9. The number of hydrogen-bond donors (Lipinski definition) is 0. The maximum absolute atomic E-state index is 8.56. The Morgan fingerprint density at radius 1 is 1.00 bits per heavy atom. The van der Waals surface area contributed by atoms with Gasteiger partial charge in [0.1, 0.15) is 6.10 Å². The molecule has 0 saturated carbocycles. The van der Waals surface area contributed by atoms with Crippen LogP contribution in [-0.2, 0) is 35.1 Å². The number of hydrogen-bond acceptors (Lipinski definition) is 5. The fourth-order valence-corrected chi connectivity index (χ4v) is 2.78. The average Bonchev–Trinajstić information content (AvgIpc) is 3.62. The molecule has 1 aliphatic heterocycles. The van der Waals surface area contributed by atoms with Crippen LogP contribution in [0.5, 0.6) is 0 Å². The molecule has 3 aromatic heterocycles. The van der Waals surface area contributed by atoms with Gasteiger partial charge in [0.25, 0.3) is 7.12 Å². The van der Waals surface area contributed by atoms with Crippen molar-refractivity contribution in [2.24, 2.45) is 0 Å². The van der Waals surface area contributed by atoms with Gasteiger partial charge in [-0.2, -0.15) is 5.26 Å². The van der Waals surface area contributed by atoms with Crippen molar-refractivity contribution in [2.75, 3.05) is 0 Å². The second-order valence-electron chi connectivity index (χ2n) is 5.99. The van der Waals surface area contributed by atoms with Crippen molar-refractivity contribution in [3.05, 3.63) is 87.4 Å². The van der Waals surface area contributed by atoms with Crippen LogP contribution in [0.1, 0.15) is 20.3 Å². The fourth-order valence-electron chi connectivity index (χ4n) is 2.78. The van der Waals surface area contributed by atoms with Gasteiger partial charge in [0.15, 0.2) is 0 Å². The molecule has 3 aromatic rings. The third-order valence-electron chi connectivity index (χ3n) is 4.14. The van der Waals surface area contributed by atoms with Crippen LogP contribution in [0.15, 0.2) is 55.4 Å². The molecule has 0 bridgehead atoms. The molecule has 0 aliphatic carbocycles. The van der Waals surface area contributed by atoms with Crippen LogP contribution >= 0.6 is 0 Å². The summed E-state index contributed by atoms with van der Waals surface area (Å²) < 4.78 is 25.8. The first-order valence-electron chi connectivity index (χ1n) is 9.18. The Morgan fingerprint density at radius 2 is 1.44 bits per heavy atom. The summed E-state index contributed by atoms with van der Waals surface area (Å²) in [6, 6.07) is 7.69. The number of nitrogens with zero attached hydrogens (tertiary/aromatic N) is 7. The monoisotopic (exact) mass is 516 g/mol. The van der Waals surface area contributed by atoms with Crippen molar-refractivity contribution in [2.45, 2.75) is 32.5 Å². The molecule has 1 saturated heterocycles. The standard InChI is InChI=1S/C9H9BN6.C9H12NO.2CO.Mo/c1-4-11-14(7-1)10(15-8-2-5-12-15)16-9-3-6-13-16;1-3-9-7(2)4-5-8(6-10)11-9;2*1-2;/h1-9H;4-5,8-9H,3H2,1-2H3;;;/q-1;;;;+2/t;8-,9-;;;/m.1.../s1. The van der Waals surface area contributed by atoms with Gasteiger partial charge in [-0.3, -0.25) is 0 Å². The third-order valence-corrected chi connectivity index (χ3v) is 4.14. The predicted octanol–water partition coefficient (Wildman–Crippen LogP) is 1.82. The molecular weight excluding hydrogens is 493 g/mol. The first-order chi connectivity index (χ1) is 15.2. The summed E-state index contributed by atoms with van der Waals surface area (Å²) in [5.74, 6) is 1.21. The van der Waals surface area contributed by atoms with E-state index in [1.807, 2.05) is 50.1 Å². The van der Waals surface area contributed by atoms with Crippen molar-refractivity contribution in [1.82, 2.24) is 29.1 Å². The first-order valence-corrected chi connectivity index (χ1v) is 9.18. The molecule has 0 aromatic carbocycles. The quantitative estimate of drug-likeness (QED) is 0.298. The van der Waals surface area contributed by atoms with E-state index in [2.05, 4.69) is 41.6 Å². The summed E-state index contributed by atoms with van der Waals surface area (Å²) in [4.78, 5) is 0. The number of ether oxygens (including phenoxy) is 1. The zero-order chi connectivity index (χ0) is 23.1. The molecule has 4 rings (SSSR count). The van der Waals surface area contributed by atoms with E-state index >= 15 is 0 Å². The molecule has 1 fully saturated rings. The van der Waals surface area contributed by atoms with Crippen molar-refractivity contribution < 1.29 is 35.1 Å². The Labute approximate surface area is 202 Å². The molecule has 12 heteroatoms. The van der Waals surface area contributed by atoms with Gasteiger partial charge in [-0.1, -0.05) is 13.8 Å². The van der Waals surface area contributed by atoms with Crippen LogP contribution in [0.2, 0.25) is 0 Å². The summed E-state index contributed by atoms with van der Waals surface area (Å²) >= 11 is 0. The minimum Gasteiger partial charge on any atom is -0.425 e. The minimum atomic E-state index is -0.344. The molecule has 0 N–H and O–H groups in total. The van der Waals surface area contributed by atoms with E-state index in [0.717, 1.165) is 6.42 Å². The van der Waals surface area contributed by atoms with E-state index in [1.54, 1.807) is 38.8 Å². The molecule has 4 radical (unpaired) electrons. The van der Waals surface area contributed by atoms with E-state index in [9.17, 15) is 0 Å². The Kier molecular flexibility index (Phi) is 15.5. The van der Waals surface area contributed by atoms with Crippen molar-refractivity contribution in [1.29, 1.82) is 5.26 Å².